The molecule has 5 nitrogen and oxygen atoms in total. The third-order valence-electron chi connectivity index (χ3n) is 0.957. The number of carbonyl (C=O) groups excluding carboxylic acids is 2. The van der Waals surface area contributed by atoms with E-state index in [9.17, 15) is 9.59 Å². The van der Waals surface area contributed by atoms with E-state index in [2.05, 4.69) is 5.32 Å². The van der Waals surface area contributed by atoms with Gasteiger partial charge < -0.3 is 16.8 Å². The molecule has 5 heteroatoms. The lowest BCUT2D eigenvalue weighted by Gasteiger charge is -2.10. The number of amides is 2. The van der Waals surface area contributed by atoms with Crippen LogP contribution in [0, 0.1) is 0 Å². The monoisotopic (exact) mass is 145 g/mol. The van der Waals surface area contributed by atoms with E-state index in [0.717, 1.165) is 0 Å². The first-order valence-electron chi connectivity index (χ1n) is 2.84. The maximum absolute atomic E-state index is 10.4. The van der Waals surface area contributed by atoms with E-state index in [4.69, 9.17) is 11.5 Å². The summed E-state index contributed by atoms with van der Waals surface area (Å²) < 4.78 is 0. The second kappa shape index (κ2) is 3.84. The van der Waals surface area contributed by atoms with E-state index in [1.807, 2.05) is 0 Å². The second-order valence-corrected chi connectivity index (χ2v) is 1.89. The van der Waals surface area contributed by atoms with Gasteiger partial charge in [-0.1, -0.05) is 0 Å². The highest BCUT2D eigenvalue weighted by atomic mass is 16.2. The zero-order valence-corrected chi connectivity index (χ0v) is 5.76. The predicted octanol–water partition coefficient (Wildman–Crippen LogP) is -2.06. The van der Waals surface area contributed by atoms with Crippen molar-refractivity contribution in [3.63, 3.8) is 0 Å². The van der Waals surface area contributed by atoms with Crippen molar-refractivity contribution in [3.8, 4) is 0 Å². The molecule has 0 fully saturated rings. The molecular weight excluding hydrogens is 134 g/mol. The van der Waals surface area contributed by atoms with Crippen LogP contribution in [-0.4, -0.2) is 24.4 Å². The van der Waals surface area contributed by atoms with Crippen LogP contribution in [0.5, 0.6) is 0 Å². The van der Waals surface area contributed by atoms with Gasteiger partial charge in [-0.05, 0) is 0 Å². The van der Waals surface area contributed by atoms with Gasteiger partial charge >= 0.3 is 0 Å². The molecule has 5 N–H and O–H groups in total. The summed E-state index contributed by atoms with van der Waals surface area (Å²) in [7, 11) is 0. The van der Waals surface area contributed by atoms with Gasteiger partial charge in [0.1, 0.15) is 6.04 Å². The Kier molecular flexibility index (Phi) is 3.42. The van der Waals surface area contributed by atoms with Crippen LogP contribution >= 0.6 is 0 Å². The van der Waals surface area contributed by atoms with Gasteiger partial charge in [0, 0.05) is 13.5 Å². The molecule has 0 unspecified atom stereocenters. The second-order valence-electron chi connectivity index (χ2n) is 1.89. The number of hydrogen-bond acceptors (Lipinski definition) is 3. The van der Waals surface area contributed by atoms with Crippen LogP contribution in [-0.2, 0) is 9.59 Å². The Morgan fingerprint density at radius 3 is 2.20 bits per heavy atom. The average Bonchev–Trinajstić information content (AvgIpc) is 1.81. The quantitative estimate of drug-likeness (QED) is 0.425. The molecule has 0 saturated heterocycles. The number of primary amides is 1. The van der Waals surface area contributed by atoms with Crippen LogP contribution in [0.1, 0.15) is 6.92 Å². The van der Waals surface area contributed by atoms with Gasteiger partial charge in [-0.3, -0.25) is 9.59 Å². The minimum Gasteiger partial charge on any atom is -0.368 e. The molecule has 0 saturated carbocycles. The Balaban J connectivity index is 3.83. The number of carbonyl (C=O) groups is 2. The van der Waals surface area contributed by atoms with Crippen molar-refractivity contribution in [2.75, 3.05) is 6.54 Å². The first kappa shape index (κ1) is 8.90. The van der Waals surface area contributed by atoms with Crippen LogP contribution in [0.2, 0.25) is 0 Å². The SMILES string of the molecule is CC(=O)N[C@H](CN)C(N)=O. The Labute approximate surface area is 58.8 Å². The van der Waals surface area contributed by atoms with Crippen LogP contribution in [0.4, 0.5) is 0 Å². The van der Waals surface area contributed by atoms with Crippen LogP contribution in [0.15, 0.2) is 0 Å². The molecular formula is C5H11N3O2. The summed E-state index contributed by atoms with van der Waals surface area (Å²) in [5, 5.41) is 2.29. The van der Waals surface area contributed by atoms with Crippen LogP contribution in [0.3, 0.4) is 0 Å². The van der Waals surface area contributed by atoms with Crippen LogP contribution in [0.25, 0.3) is 0 Å². The van der Waals surface area contributed by atoms with E-state index in [1.165, 1.54) is 6.92 Å². The number of nitrogens with two attached hydrogens (primary N) is 2. The fourth-order valence-electron chi connectivity index (χ4n) is 0.492. The molecule has 0 aromatic heterocycles. The van der Waals surface area contributed by atoms with Gasteiger partial charge in [0.25, 0.3) is 0 Å². The van der Waals surface area contributed by atoms with E-state index in [-0.39, 0.29) is 12.5 Å². The van der Waals surface area contributed by atoms with Gasteiger partial charge in [0.15, 0.2) is 0 Å². The summed E-state index contributed by atoms with van der Waals surface area (Å²) in [5.74, 6) is -0.924. The van der Waals surface area contributed by atoms with Gasteiger partial charge in [-0.25, -0.2) is 0 Å². The van der Waals surface area contributed by atoms with Crippen molar-refractivity contribution in [2.45, 2.75) is 13.0 Å². The standard InChI is InChI=1S/C5H11N3O2/c1-3(9)8-4(2-6)5(7)10/h4H,2,6H2,1H3,(H2,7,10)(H,8,9)/t4-/m1/s1. The molecule has 2 amide bonds. The van der Waals surface area contributed by atoms with Crippen molar-refractivity contribution < 1.29 is 9.59 Å². The minimum absolute atomic E-state index is 0.0366. The van der Waals surface area contributed by atoms with E-state index in [0.29, 0.717) is 0 Å². The predicted molar refractivity (Wildman–Crippen MR) is 35.9 cm³/mol. The zero-order valence-electron chi connectivity index (χ0n) is 5.76. The fourth-order valence-corrected chi connectivity index (χ4v) is 0.492. The first-order chi connectivity index (χ1) is 4.57. The van der Waals surface area contributed by atoms with E-state index in [1.54, 1.807) is 0 Å². The van der Waals surface area contributed by atoms with Gasteiger partial charge in [0.2, 0.25) is 11.8 Å². The van der Waals surface area contributed by atoms with Gasteiger partial charge in [-0.15, -0.1) is 0 Å². The van der Waals surface area contributed by atoms with Crippen molar-refractivity contribution in [1.82, 2.24) is 5.32 Å². The maximum atomic E-state index is 10.4. The molecule has 0 radical (unpaired) electrons. The van der Waals surface area contributed by atoms with Gasteiger partial charge in [0.05, 0.1) is 0 Å². The summed E-state index contributed by atoms with van der Waals surface area (Å²) in [4.78, 5) is 20.7. The fraction of sp³-hybridized carbons (Fsp3) is 0.600. The highest BCUT2D eigenvalue weighted by molar-refractivity contribution is 5.85. The van der Waals surface area contributed by atoms with Crippen molar-refractivity contribution >= 4 is 11.8 Å². The normalized spacial score (nSPS) is 12.2. The van der Waals surface area contributed by atoms with Crippen molar-refractivity contribution in [1.29, 1.82) is 0 Å². The summed E-state index contributed by atoms with van der Waals surface area (Å²) in [6, 6.07) is -0.738. The summed E-state index contributed by atoms with van der Waals surface area (Å²) >= 11 is 0. The Hall–Kier alpha value is -1.10. The first-order valence-corrected chi connectivity index (χ1v) is 2.84. The molecule has 0 aliphatic rings. The summed E-state index contributed by atoms with van der Waals surface area (Å²) in [6.07, 6.45) is 0. The highest BCUT2D eigenvalue weighted by Crippen LogP contribution is 1.76. The molecule has 0 spiro atoms. The molecule has 0 bridgehead atoms. The molecule has 1 atom stereocenters. The number of hydrogen-bond donors (Lipinski definition) is 3. The van der Waals surface area contributed by atoms with Crippen molar-refractivity contribution in [3.05, 3.63) is 0 Å². The smallest absolute Gasteiger partial charge is 0.241 e. The largest absolute Gasteiger partial charge is 0.368 e. The third-order valence-corrected chi connectivity index (χ3v) is 0.957. The van der Waals surface area contributed by atoms with Crippen LogP contribution < -0.4 is 16.8 Å². The molecule has 10 heavy (non-hydrogen) atoms. The zero-order chi connectivity index (χ0) is 8.15. The lowest BCUT2D eigenvalue weighted by Crippen LogP contribution is -2.48. The number of rotatable bonds is 3. The van der Waals surface area contributed by atoms with Gasteiger partial charge in [-0.2, -0.15) is 0 Å². The van der Waals surface area contributed by atoms with E-state index < -0.39 is 11.9 Å². The topological polar surface area (TPSA) is 98.2 Å². The Morgan fingerprint density at radius 2 is 2.10 bits per heavy atom. The maximum Gasteiger partial charge on any atom is 0.241 e. The Morgan fingerprint density at radius 1 is 1.60 bits per heavy atom. The van der Waals surface area contributed by atoms with E-state index >= 15 is 0 Å². The summed E-state index contributed by atoms with van der Waals surface area (Å²) in [6.45, 7) is 1.33. The molecule has 0 aromatic rings. The molecule has 58 valence electrons. The molecule has 0 rings (SSSR count). The third kappa shape index (κ3) is 3.03. The molecule has 0 aromatic carbocycles. The lowest BCUT2D eigenvalue weighted by atomic mass is 10.3. The number of nitrogens with one attached hydrogen (secondary N) is 1. The summed E-state index contributed by atoms with van der Waals surface area (Å²) in [5.41, 5.74) is 9.97. The molecule has 0 aliphatic heterocycles. The highest BCUT2D eigenvalue weighted by Gasteiger charge is 2.12. The van der Waals surface area contributed by atoms with Crippen molar-refractivity contribution in [2.24, 2.45) is 11.5 Å². The molecule has 0 heterocycles. The Bertz CT molecular complexity index is 146. The average molecular weight is 145 g/mol. The lowest BCUT2D eigenvalue weighted by molar-refractivity contribution is -0.125. The molecule has 0 aliphatic carbocycles. The minimum atomic E-state index is -0.738.